The van der Waals surface area contributed by atoms with Crippen LogP contribution in [0.25, 0.3) is 0 Å². The highest BCUT2D eigenvalue weighted by Gasteiger charge is 2.23. The highest BCUT2D eigenvalue weighted by Crippen LogP contribution is 2.31. The van der Waals surface area contributed by atoms with Crippen LogP contribution in [-0.4, -0.2) is 50.9 Å². The minimum absolute atomic E-state index is 0.245. The summed E-state index contributed by atoms with van der Waals surface area (Å²) < 4.78 is 10.4. The van der Waals surface area contributed by atoms with Crippen LogP contribution in [0.1, 0.15) is 6.92 Å². The molecule has 1 aliphatic heterocycles. The number of carbonyl (C=O) groups is 1. The molecule has 0 radical (unpaired) electrons. The lowest BCUT2D eigenvalue weighted by atomic mass is 10.2. The van der Waals surface area contributed by atoms with Crippen molar-refractivity contribution < 1.29 is 14.3 Å². The Morgan fingerprint density at radius 1 is 1.30 bits per heavy atom. The van der Waals surface area contributed by atoms with Gasteiger partial charge in [0.15, 0.2) is 0 Å². The zero-order chi connectivity index (χ0) is 14.5. The highest BCUT2D eigenvalue weighted by atomic mass is 35.5. The van der Waals surface area contributed by atoms with Gasteiger partial charge in [0.05, 0.1) is 19.4 Å². The second-order valence-electron chi connectivity index (χ2n) is 4.49. The summed E-state index contributed by atoms with van der Waals surface area (Å²) in [5, 5.41) is 0.675. The van der Waals surface area contributed by atoms with Gasteiger partial charge in [-0.25, -0.2) is 4.79 Å². The van der Waals surface area contributed by atoms with E-state index in [4.69, 9.17) is 21.1 Å². The maximum absolute atomic E-state index is 11.7. The van der Waals surface area contributed by atoms with Crippen LogP contribution in [-0.2, 0) is 4.74 Å². The number of benzene rings is 1. The van der Waals surface area contributed by atoms with E-state index in [0.29, 0.717) is 24.7 Å². The fourth-order valence-corrected chi connectivity index (χ4v) is 2.42. The number of amides is 1. The van der Waals surface area contributed by atoms with Gasteiger partial charge in [-0.1, -0.05) is 11.6 Å². The van der Waals surface area contributed by atoms with Crippen molar-refractivity contribution in [2.24, 2.45) is 0 Å². The smallest absolute Gasteiger partial charge is 0.409 e. The van der Waals surface area contributed by atoms with Gasteiger partial charge in [0, 0.05) is 31.2 Å². The number of ether oxygens (including phenoxy) is 2. The van der Waals surface area contributed by atoms with Crippen molar-refractivity contribution in [1.82, 2.24) is 4.90 Å². The molecule has 0 atom stereocenters. The standard InChI is InChI=1S/C14H19ClN2O3/c1-3-20-14(18)17-8-6-16(7-9-17)12-10-11(15)4-5-13(12)19-2/h4-5,10H,3,6-9H2,1-2H3. The largest absolute Gasteiger partial charge is 0.495 e. The van der Waals surface area contributed by atoms with Gasteiger partial charge < -0.3 is 19.3 Å². The third kappa shape index (κ3) is 3.28. The predicted octanol–water partition coefficient (Wildman–Crippen LogP) is 2.63. The van der Waals surface area contributed by atoms with E-state index < -0.39 is 0 Å². The Morgan fingerprint density at radius 3 is 2.60 bits per heavy atom. The average molecular weight is 299 g/mol. The molecule has 110 valence electrons. The van der Waals surface area contributed by atoms with E-state index >= 15 is 0 Å². The van der Waals surface area contributed by atoms with Crippen molar-refractivity contribution in [2.75, 3.05) is 44.8 Å². The highest BCUT2D eigenvalue weighted by molar-refractivity contribution is 6.30. The molecule has 1 fully saturated rings. The minimum atomic E-state index is -0.245. The Bertz CT molecular complexity index is 473. The molecule has 0 unspecified atom stereocenters. The number of rotatable bonds is 3. The molecule has 1 aromatic carbocycles. The van der Waals surface area contributed by atoms with Gasteiger partial charge in [0.25, 0.3) is 0 Å². The number of hydrogen-bond donors (Lipinski definition) is 0. The van der Waals surface area contributed by atoms with Gasteiger partial charge in [-0.05, 0) is 25.1 Å². The molecule has 1 amide bonds. The fourth-order valence-electron chi connectivity index (χ4n) is 2.25. The maximum atomic E-state index is 11.7. The molecule has 6 heteroatoms. The first kappa shape index (κ1) is 14.8. The SMILES string of the molecule is CCOC(=O)N1CCN(c2cc(Cl)ccc2OC)CC1. The van der Waals surface area contributed by atoms with Gasteiger partial charge in [0.2, 0.25) is 0 Å². The van der Waals surface area contributed by atoms with Crippen LogP contribution >= 0.6 is 11.6 Å². The van der Waals surface area contributed by atoms with Crippen LogP contribution in [0.3, 0.4) is 0 Å². The molecule has 1 saturated heterocycles. The van der Waals surface area contributed by atoms with Gasteiger partial charge in [-0.2, -0.15) is 0 Å². The molecule has 20 heavy (non-hydrogen) atoms. The number of anilines is 1. The molecule has 2 rings (SSSR count). The molecular weight excluding hydrogens is 280 g/mol. The van der Waals surface area contributed by atoms with Crippen LogP contribution in [0.5, 0.6) is 5.75 Å². The molecule has 5 nitrogen and oxygen atoms in total. The van der Waals surface area contributed by atoms with Gasteiger partial charge in [-0.3, -0.25) is 0 Å². The van der Waals surface area contributed by atoms with Crippen molar-refractivity contribution in [1.29, 1.82) is 0 Å². The maximum Gasteiger partial charge on any atom is 0.409 e. The molecule has 1 aromatic rings. The first-order valence-electron chi connectivity index (χ1n) is 6.66. The van der Waals surface area contributed by atoms with Gasteiger partial charge in [-0.15, -0.1) is 0 Å². The number of piperazine rings is 1. The predicted molar refractivity (Wildman–Crippen MR) is 78.8 cm³/mol. The average Bonchev–Trinajstić information content (AvgIpc) is 2.47. The van der Waals surface area contributed by atoms with E-state index in [2.05, 4.69) is 4.90 Å². The number of nitrogens with zero attached hydrogens (tertiary/aromatic N) is 2. The lowest BCUT2D eigenvalue weighted by molar-refractivity contribution is 0.105. The Kier molecular flexibility index (Phi) is 4.95. The molecule has 1 heterocycles. The quantitative estimate of drug-likeness (QED) is 0.860. The van der Waals surface area contributed by atoms with Crippen molar-refractivity contribution in [3.63, 3.8) is 0 Å². The van der Waals surface area contributed by atoms with Crippen LogP contribution in [0.4, 0.5) is 10.5 Å². The molecule has 1 aliphatic rings. The molecule has 0 aliphatic carbocycles. The second kappa shape index (κ2) is 6.70. The Balaban J connectivity index is 2.03. The van der Waals surface area contributed by atoms with E-state index in [-0.39, 0.29) is 6.09 Å². The Morgan fingerprint density at radius 2 is 2.00 bits per heavy atom. The molecule has 0 aromatic heterocycles. The molecular formula is C14H19ClN2O3. The van der Waals surface area contributed by atoms with E-state index in [1.54, 1.807) is 18.1 Å². The van der Waals surface area contributed by atoms with Crippen LogP contribution in [0.2, 0.25) is 5.02 Å². The zero-order valence-electron chi connectivity index (χ0n) is 11.8. The summed E-state index contributed by atoms with van der Waals surface area (Å²) in [6.45, 7) is 4.94. The summed E-state index contributed by atoms with van der Waals surface area (Å²) in [4.78, 5) is 15.5. The van der Waals surface area contributed by atoms with E-state index in [1.165, 1.54) is 0 Å². The lowest BCUT2D eigenvalue weighted by Crippen LogP contribution is -2.49. The fraction of sp³-hybridized carbons (Fsp3) is 0.500. The summed E-state index contributed by atoms with van der Waals surface area (Å²) >= 11 is 6.05. The van der Waals surface area contributed by atoms with Crippen molar-refractivity contribution in [2.45, 2.75) is 6.92 Å². The Hall–Kier alpha value is -1.62. The number of halogens is 1. The van der Waals surface area contributed by atoms with Crippen molar-refractivity contribution in [3.05, 3.63) is 23.2 Å². The summed E-state index contributed by atoms with van der Waals surface area (Å²) in [7, 11) is 1.64. The third-order valence-corrected chi connectivity index (χ3v) is 3.52. The molecule has 0 bridgehead atoms. The normalized spacial score (nSPS) is 15.2. The summed E-state index contributed by atoms with van der Waals surface area (Å²) in [6, 6.07) is 5.55. The zero-order valence-corrected chi connectivity index (χ0v) is 12.5. The summed E-state index contributed by atoms with van der Waals surface area (Å²) in [5.41, 5.74) is 0.962. The topological polar surface area (TPSA) is 42.0 Å². The minimum Gasteiger partial charge on any atom is -0.495 e. The van der Waals surface area contributed by atoms with Crippen LogP contribution in [0.15, 0.2) is 18.2 Å². The van der Waals surface area contributed by atoms with Crippen molar-refractivity contribution >= 4 is 23.4 Å². The van der Waals surface area contributed by atoms with E-state index in [1.807, 2.05) is 19.1 Å². The molecule has 0 N–H and O–H groups in total. The van der Waals surface area contributed by atoms with Gasteiger partial charge >= 0.3 is 6.09 Å². The van der Waals surface area contributed by atoms with E-state index in [0.717, 1.165) is 24.5 Å². The monoisotopic (exact) mass is 298 g/mol. The Labute approximate surface area is 124 Å². The van der Waals surface area contributed by atoms with E-state index in [9.17, 15) is 4.79 Å². The second-order valence-corrected chi connectivity index (χ2v) is 4.93. The summed E-state index contributed by atoms with van der Waals surface area (Å²) in [6.07, 6.45) is -0.245. The van der Waals surface area contributed by atoms with Crippen LogP contribution in [0, 0.1) is 0 Å². The number of carbonyl (C=O) groups excluding carboxylic acids is 1. The van der Waals surface area contributed by atoms with Crippen LogP contribution < -0.4 is 9.64 Å². The third-order valence-electron chi connectivity index (χ3n) is 3.29. The number of methoxy groups -OCH3 is 1. The molecule has 0 saturated carbocycles. The summed E-state index contributed by atoms with van der Waals surface area (Å²) in [5.74, 6) is 0.791. The van der Waals surface area contributed by atoms with Gasteiger partial charge in [0.1, 0.15) is 5.75 Å². The first-order chi connectivity index (χ1) is 9.65. The lowest BCUT2D eigenvalue weighted by Gasteiger charge is -2.36. The van der Waals surface area contributed by atoms with Crippen molar-refractivity contribution in [3.8, 4) is 5.75 Å². The first-order valence-corrected chi connectivity index (χ1v) is 7.03. The number of hydrogen-bond acceptors (Lipinski definition) is 4. The molecule has 0 spiro atoms.